The molecule has 5 rings (SSSR count). The number of carbonyl (C=O) groups is 1. The molecule has 3 aromatic carbocycles. The van der Waals surface area contributed by atoms with E-state index < -0.39 is 11.6 Å². The SMILES string of the molecule is CCCCOc1ccc(C2=N[C@]3(Cc4ccccc4)C(=O)N(CCC)Cc4ccccc4[C@@H]3O2)cc1. The van der Waals surface area contributed by atoms with E-state index in [0.717, 1.165) is 47.3 Å². The van der Waals surface area contributed by atoms with Crippen LogP contribution in [0.2, 0.25) is 0 Å². The molecule has 0 radical (unpaired) electrons. The van der Waals surface area contributed by atoms with Crippen molar-refractivity contribution < 1.29 is 14.3 Å². The lowest BCUT2D eigenvalue weighted by atomic mass is 9.81. The number of hydrogen-bond acceptors (Lipinski definition) is 4. The highest BCUT2D eigenvalue weighted by atomic mass is 16.5. The Balaban J connectivity index is 1.58. The number of hydrogen-bond donors (Lipinski definition) is 0. The standard InChI is InChI=1S/C31H34N2O3/c1-3-5-20-35-26-17-15-24(16-18-26)29-32-31(21-23-11-7-6-8-12-23)28(36-29)27-14-10-9-13-25(27)22-33(19-4-2)30(31)34/h6-18,28H,3-5,19-22H2,1-2H3/t28-,31-/m0/s1. The first-order chi connectivity index (χ1) is 17.6. The first-order valence-corrected chi connectivity index (χ1v) is 13.1. The van der Waals surface area contributed by atoms with E-state index in [1.54, 1.807) is 0 Å². The van der Waals surface area contributed by atoms with E-state index in [1.165, 1.54) is 0 Å². The molecule has 5 nitrogen and oxygen atoms in total. The highest BCUT2D eigenvalue weighted by Gasteiger charge is 2.56. The number of unbranched alkanes of at least 4 members (excludes halogenated alkanes) is 1. The number of ether oxygens (including phenoxy) is 2. The second-order valence-electron chi connectivity index (χ2n) is 9.65. The summed E-state index contributed by atoms with van der Waals surface area (Å²) in [6.07, 6.45) is 3.00. The molecule has 0 unspecified atom stereocenters. The lowest BCUT2D eigenvalue weighted by Crippen LogP contribution is -2.50. The zero-order valence-corrected chi connectivity index (χ0v) is 21.2. The van der Waals surface area contributed by atoms with E-state index in [4.69, 9.17) is 14.5 Å². The number of amides is 1. The quantitative estimate of drug-likeness (QED) is 0.345. The summed E-state index contributed by atoms with van der Waals surface area (Å²) in [4.78, 5) is 21.4. The van der Waals surface area contributed by atoms with Crippen LogP contribution >= 0.6 is 0 Å². The third-order valence-electron chi connectivity index (χ3n) is 7.00. The van der Waals surface area contributed by atoms with Crippen LogP contribution in [0.5, 0.6) is 5.75 Å². The van der Waals surface area contributed by atoms with Crippen molar-refractivity contribution >= 4 is 11.8 Å². The van der Waals surface area contributed by atoms with Gasteiger partial charge in [-0.2, -0.15) is 0 Å². The molecule has 0 aliphatic carbocycles. The molecule has 186 valence electrons. The number of fused-ring (bicyclic) bond motifs is 3. The van der Waals surface area contributed by atoms with Crippen molar-refractivity contribution in [2.75, 3.05) is 13.2 Å². The lowest BCUT2D eigenvalue weighted by Gasteiger charge is -2.32. The maximum atomic E-state index is 14.3. The van der Waals surface area contributed by atoms with Gasteiger partial charge in [-0.25, -0.2) is 4.99 Å². The zero-order chi connectivity index (χ0) is 25.0. The highest BCUT2D eigenvalue weighted by Crippen LogP contribution is 2.46. The first kappa shape index (κ1) is 24.1. The lowest BCUT2D eigenvalue weighted by molar-refractivity contribution is -0.139. The molecule has 2 aliphatic rings. The fraction of sp³-hybridized carbons (Fsp3) is 0.355. The predicted octanol–water partition coefficient (Wildman–Crippen LogP) is 6.12. The van der Waals surface area contributed by atoms with Crippen LogP contribution in [0.25, 0.3) is 0 Å². The summed E-state index contributed by atoms with van der Waals surface area (Å²) in [5, 5.41) is 0. The zero-order valence-electron chi connectivity index (χ0n) is 21.2. The van der Waals surface area contributed by atoms with Crippen LogP contribution in [0.4, 0.5) is 0 Å². The van der Waals surface area contributed by atoms with Crippen LogP contribution in [0.3, 0.4) is 0 Å². The van der Waals surface area contributed by atoms with Gasteiger partial charge in [0.15, 0.2) is 11.6 Å². The second-order valence-corrected chi connectivity index (χ2v) is 9.65. The predicted molar refractivity (Wildman–Crippen MR) is 142 cm³/mol. The average Bonchev–Trinajstić information content (AvgIpc) is 3.26. The molecule has 0 fully saturated rings. The van der Waals surface area contributed by atoms with Crippen LogP contribution in [-0.4, -0.2) is 35.4 Å². The van der Waals surface area contributed by atoms with Gasteiger partial charge in [0, 0.05) is 30.6 Å². The van der Waals surface area contributed by atoms with E-state index in [2.05, 4.69) is 38.1 Å². The summed E-state index contributed by atoms with van der Waals surface area (Å²) >= 11 is 0. The fourth-order valence-corrected chi connectivity index (χ4v) is 5.17. The Morgan fingerprint density at radius 2 is 1.72 bits per heavy atom. The number of rotatable bonds is 9. The molecule has 2 aliphatic heterocycles. The summed E-state index contributed by atoms with van der Waals surface area (Å²) in [5.74, 6) is 1.37. The van der Waals surface area contributed by atoms with E-state index >= 15 is 0 Å². The van der Waals surface area contributed by atoms with Crippen molar-refractivity contribution in [2.45, 2.75) is 57.7 Å². The smallest absolute Gasteiger partial charge is 0.255 e. The van der Waals surface area contributed by atoms with Crippen LogP contribution in [0.1, 0.15) is 61.5 Å². The van der Waals surface area contributed by atoms with Gasteiger partial charge in [-0.1, -0.05) is 74.9 Å². The van der Waals surface area contributed by atoms with Gasteiger partial charge in [0.05, 0.1) is 6.61 Å². The van der Waals surface area contributed by atoms with Crippen molar-refractivity contribution in [1.82, 2.24) is 4.90 Å². The Bertz CT molecular complexity index is 1220. The summed E-state index contributed by atoms with van der Waals surface area (Å²) < 4.78 is 12.5. The van der Waals surface area contributed by atoms with Gasteiger partial charge in [-0.3, -0.25) is 4.79 Å². The molecule has 0 saturated heterocycles. The normalized spacial score (nSPS) is 20.7. The van der Waals surface area contributed by atoms with Gasteiger partial charge >= 0.3 is 0 Å². The van der Waals surface area contributed by atoms with Crippen molar-refractivity contribution in [3.63, 3.8) is 0 Å². The molecule has 36 heavy (non-hydrogen) atoms. The maximum Gasteiger partial charge on any atom is 0.255 e. The molecule has 0 saturated carbocycles. The minimum absolute atomic E-state index is 0.0314. The molecule has 0 N–H and O–H groups in total. The van der Waals surface area contributed by atoms with Gasteiger partial charge in [0.1, 0.15) is 5.75 Å². The maximum absolute atomic E-state index is 14.3. The summed E-state index contributed by atoms with van der Waals surface area (Å²) in [5.41, 5.74) is 3.02. The number of aliphatic imine (C=N–C) groups is 1. The van der Waals surface area contributed by atoms with Crippen molar-refractivity contribution in [1.29, 1.82) is 0 Å². The van der Waals surface area contributed by atoms with Crippen molar-refractivity contribution in [3.8, 4) is 5.75 Å². The molecular weight excluding hydrogens is 448 g/mol. The molecule has 0 aromatic heterocycles. The largest absolute Gasteiger partial charge is 0.494 e. The van der Waals surface area contributed by atoms with Gasteiger partial charge in [-0.05, 0) is 48.2 Å². The van der Waals surface area contributed by atoms with E-state index in [1.807, 2.05) is 59.5 Å². The van der Waals surface area contributed by atoms with Crippen LogP contribution in [0, 0.1) is 0 Å². The Morgan fingerprint density at radius 1 is 0.972 bits per heavy atom. The molecule has 2 atom stereocenters. The molecule has 2 heterocycles. The van der Waals surface area contributed by atoms with E-state index in [-0.39, 0.29) is 5.91 Å². The molecule has 1 amide bonds. The van der Waals surface area contributed by atoms with Gasteiger partial charge < -0.3 is 14.4 Å². The van der Waals surface area contributed by atoms with Crippen molar-refractivity contribution in [3.05, 3.63) is 101 Å². The summed E-state index contributed by atoms with van der Waals surface area (Å²) in [6.45, 7) is 6.22. The topological polar surface area (TPSA) is 51.1 Å². The average molecular weight is 483 g/mol. The number of carbonyl (C=O) groups excluding carboxylic acids is 1. The van der Waals surface area contributed by atoms with Crippen LogP contribution < -0.4 is 4.74 Å². The molecule has 0 spiro atoms. The second kappa shape index (κ2) is 10.6. The number of benzene rings is 3. The summed E-state index contributed by atoms with van der Waals surface area (Å²) in [6, 6.07) is 26.3. The molecule has 5 heteroatoms. The van der Waals surface area contributed by atoms with Crippen LogP contribution in [0.15, 0.2) is 83.9 Å². The molecule has 0 bridgehead atoms. The third kappa shape index (κ3) is 4.62. The van der Waals surface area contributed by atoms with E-state index in [9.17, 15) is 4.79 Å². The summed E-state index contributed by atoms with van der Waals surface area (Å²) in [7, 11) is 0. The Morgan fingerprint density at radius 3 is 2.47 bits per heavy atom. The van der Waals surface area contributed by atoms with Crippen molar-refractivity contribution in [2.24, 2.45) is 4.99 Å². The number of nitrogens with zero attached hydrogens (tertiary/aromatic N) is 2. The van der Waals surface area contributed by atoms with Gasteiger partial charge in [0.2, 0.25) is 5.90 Å². The van der Waals surface area contributed by atoms with Gasteiger partial charge in [0.25, 0.3) is 5.91 Å². The Kier molecular flexibility index (Phi) is 7.08. The first-order valence-electron chi connectivity index (χ1n) is 13.1. The third-order valence-corrected chi connectivity index (χ3v) is 7.00. The molecule has 3 aromatic rings. The minimum atomic E-state index is -1.06. The van der Waals surface area contributed by atoms with Crippen LogP contribution in [-0.2, 0) is 22.5 Å². The Labute approximate surface area is 213 Å². The highest BCUT2D eigenvalue weighted by molar-refractivity contribution is 6.01. The monoisotopic (exact) mass is 482 g/mol. The fourth-order valence-electron chi connectivity index (χ4n) is 5.17. The Hall–Kier alpha value is -3.60. The minimum Gasteiger partial charge on any atom is -0.494 e. The molecular formula is C31H34N2O3. The van der Waals surface area contributed by atoms with Gasteiger partial charge in [-0.15, -0.1) is 0 Å². The van der Waals surface area contributed by atoms with E-state index in [0.29, 0.717) is 32.0 Å².